The Morgan fingerprint density at radius 3 is 2.79 bits per heavy atom. The molecule has 3 N–H and O–H groups in total. The lowest BCUT2D eigenvalue weighted by molar-refractivity contribution is -0.131. The zero-order valence-corrected chi connectivity index (χ0v) is 7.95. The largest absolute Gasteiger partial charge is 0.478 e. The van der Waals surface area contributed by atoms with Gasteiger partial charge >= 0.3 is 5.97 Å². The Hall–Kier alpha value is -1.56. The maximum atomic E-state index is 11.0. The SMILES string of the molecule is COCCNC(=O)CN/C=C/C(=O)O. The maximum absolute atomic E-state index is 11.0. The highest BCUT2D eigenvalue weighted by Gasteiger charge is 1.96. The van der Waals surface area contributed by atoms with Crippen molar-refractivity contribution in [3.63, 3.8) is 0 Å². The van der Waals surface area contributed by atoms with Gasteiger partial charge < -0.3 is 20.5 Å². The van der Waals surface area contributed by atoms with Crippen molar-refractivity contribution in [3.05, 3.63) is 12.3 Å². The van der Waals surface area contributed by atoms with Gasteiger partial charge in [-0.15, -0.1) is 0 Å². The number of carbonyl (C=O) groups excluding carboxylic acids is 1. The number of hydrogen-bond donors (Lipinski definition) is 3. The van der Waals surface area contributed by atoms with Crippen molar-refractivity contribution in [1.82, 2.24) is 10.6 Å². The summed E-state index contributed by atoms with van der Waals surface area (Å²) in [6.07, 6.45) is 2.13. The van der Waals surface area contributed by atoms with Gasteiger partial charge in [0.2, 0.25) is 5.91 Å². The van der Waals surface area contributed by atoms with Gasteiger partial charge in [0.15, 0.2) is 0 Å². The number of ether oxygens (including phenoxy) is 1. The fraction of sp³-hybridized carbons (Fsp3) is 0.500. The fourth-order valence-corrected chi connectivity index (χ4v) is 0.637. The molecule has 0 radical (unpaired) electrons. The first kappa shape index (κ1) is 12.4. The molecule has 0 aromatic heterocycles. The number of carbonyl (C=O) groups is 2. The molecule has 0 bridgehead atoms. The van der Waals surface area contributed by atoms with Crippen LogP contribution < -0.4 is 10.6 Å². The van der Waals surface area contributed by atoms with Gasteiger partial charge in [-0.05, 0) is 0 Å². The van der Waals surface area contributed by atoms with Gasteiger partial charge in [-0.2, -0.15) is 0 Å². The Kier molecular flexibility index (Phi) is 7.16. The highest BCUT2D eigenvalue weighted by Crippen LogP contribution is 1.70. The monoisotopic (exact) mass is 202 g/mol. The van der Waals surface area contributed by atoms with Crippen LogP contribution in [0.25, 0.3) is 0 Å². The summed E-state index contributed by atoms with van der Waals surface area (Å²) in [5.74, 6) is -1.27. The molecular weight excluding hydrogens is 188 g/mol. The lowest BCUT2D eigenvalue weighted by Crippen LogP contribution is -2.33. The van der Waals surface area contributed by atoms with E-state index >= 15 is 0 Å². The van der Waals surface area contributed by atoms with Gasteiger partial charge in [-0.25, -0.2) is 4.79 Å². The molecule has 0 spiro atoms. The Morgan fingerprint density at radius 1 is 1.50 bits per heavy atom. The lowest BCUT2D eigenvalue weighted by atomic mass is 10.5. The summed E-state index contributed by atoms with van der Waals surface area (Å²) in [6.45, 7) is 0.948. The second kappa shape index (κ2) is 8.06. The Morgan fingerprint density at radius 2 is 2.21 bits per heavy atom. The van der Waals surface area contributed by atoms with Gasteiger partial charge in [0, 0.05) is 25.9 Å². The average Bonchev–Trinajstić information content (AvgIpc) is 2.13. The van der Waals surface area contributed by atoms with E-state index in [0.717, 1.165) is 6.08 Å². The minimum absolute atomic E-state index is 0.0491. The molecule has 0 atom stereocenters. The smallest absolute Gasteiger partial charge is 0.329 e. The van der Waals surface area contributed by atoms with Crippen molar-refractivity contribution >= 4 is 11.9 Å². The number of nitrogens with one attached hydrogen (secondary N) is 2. The molecule has 0 aliphatic heterocycles. The third-order valence-electron chi connectivity index (χ3n) is 1.23. The van der Waals surface area contributed by atoms with Gasteiger partial charge in [-0.3, -0.25) is 4.79 Å². The van der Waals surface area contributed by atoms with E-state index in [-0.39, 0.29) is 12.5 Å². The van der Waals surface area contributed by atoms with E-state index in [0.29, 0.717) is 13.2 Å². The van der Waals surface area contributed by atoms with Crippen LogP contribution in [0.3, 0.4) is 0 Å². The first-order valence-electron chi connectivity index (χ1n) is 4.05. The van der Waals surface area contributed by atoms with E-state index in [1.54, 1.807) is 7.11 Å². The second-order valence-electron chi connectivity index (χ2n) is 2.40. The van der Waals surface area contributed by atoms with E-state index in [4.69, 9.17) is 9.84 Å². The molecule has 6 heteroatoms. The van der Waals surface area contributed by atoms with Crippen LogP contribution in [0.2, 0.25) is 0 Å². The summed E-state index contributed by atoms with van der Waals surface area (Å²) in [7, 11) is 1.54. The maximum Gasteiger partial charge on any atom is 0.329 e. The van der Waals surface area contributed by atoms with E-state index < -0.39 is 5.97 Å². The number of rotatable bonds is 7. The van der Waals surface area contributed by atoms with Gasteiger partial charge in [0.05, 0.1) is 13.2 Å². The predicted octanol–water partition coefficient (Wildman–Crippen LogP) is -1.06. The highest BCUT2D eigenvalue weighted by atomic mass is 16.5. The van der Waals surface area contributed by atoms with Crippen molar-refractivity contribution in [2.75, 3.05) is 26.8 Å². The molecular formula is C8H14N2O4. The number of aliphatic carboxylic acids is 1. The zero-order chi connectivity index (χ0) is 10.8. The number of methoxy groups -OCH3 is 1. The summed E-state index contributed by atoms with van der Waals surface area (Å²) in [4.78, 5) is 21.0. The summed E-state index contributed by atoms with van der Waals surface area (Å²) in [5.41, 5.74) is 0. The molecule has 0 aliphatic rings. The van der Waals surface area contributed by atoms with Gasteiger partial charge in [-0.1, -0.05) is 0 Å². The quantitative estimate of drug-likeness (QED) is 0.361. The molecule has 14 heavy (non-hydrogen) atoms. The minimum atomic E-state index is -1.06. The van der Waals surface area contributed by atoms with Crippen LogP contribution in [0.5, 0.6) is 0 Å². The lowest BCUT2D eigenvalue weighted by Gasteiger charge is -2.03. The summed E-state index contributed by atoms with van der Waals surface area (Å²) in [5, 5.41) is 13.3. The van der Waals surface area contributed by atoms with Crippen LogP contribution in [0, 0.1) is 0 Å². The molecule has 1 amide bonds. The van der Waals surface area contributed by atoms with E-state index in [2.05, 4.69) is 10.6 Å². The Balaban J connectivity index is 3.40. The second-order valence-corrected chi connectivity index (χ2v) is 2.40. The summed E-state index contributed by atoms with van der Waals surface area (Å²) < 4.78 is 4.72. The van der Waals surface area contributed by atoms with Crippen LogP contribution >= 0.6 is 0 Å². The van der Waals surface area contributed by atoms with E-state index in [1.165, 1.54) is 6.20 Å². The first-order chi connectivity index (χ1) is 6.66. The standard InChI is InChI=1S/C8H14N2O4/c1-14-5-4-10-7(11)6-9-3-2-8(12)13/h2-3,9H,4-6H2,1H3,(H,10,11)(H,12,13)/b3-2+. The van der Waals surface area contributed by atoms with Gasteiger partial charge in [0.1, 0.15) is 0 Å². The molecule has 0 fully saturated rings. The van der Waals surface area contributed by atoms with Crippen LogP contribution in [0.4, 0.5) is 0 Å². The molecule has 0 aromatic carbocycles. The van der Waals surface area contributed by atoms with Crippen LogP contribution in [-0.4, -0.2) is 43.8 Å². The predicted molar refractivity (Wildman–Crippen MR) is 49.7 cm³/mol. The third-order valence-corrected chi connectivity index (χ3v) is 1.23. The molecule has 0 aromatic rings. The molecule has 80 valence electrons. The van der Waals surface area contributed by atoms with Crippen molar-refractivity contribution in [2.24, 2.45) is 0 Å². The van der Waals surface area contributed by atoms with E-state index in [9.17, 15) is 9.59 Å². The van der Waals surface area contributed by atoms with Crippen molar-refractivity contribution in [3.8, 4) is 0 Å². The summed E-state index contributed by atoms with van der Waals surface area (Å²) >= 11 is 0. The Bertz CT molecular complexity index is 215. The number of carboxylic acid groups (broad SMARTS) is 1. The molecule has 6 nitrogen and oxygen atoms in total. The molecule has 0 rings (SSSR count). The summed E-state index contributed by atoms with van der Waals surface area (Å²) in [6, 6.07) is 0. The molecule has 0 saturated heterocycles. The number of hydrogen-bond acceptors (Lipinski definition) is 4. The van der Waals surface area contributed by atoms with Crippen LogP contribution in [0.15, 0.2) is 12.3 Å². The molecule has 0 saturated carbocycles. The van der Waals surface area contributed by atoms with Crippen molar-refractivity contribution in [1.29, 1.82) is 0 Å². The first-order valence-corrected chi connectivity index (χ1v) is 4.05. The molecule has 0 unspecified atom stereocenters. The minimum Gasteiger partial charge on any atom is -0.478 e. The third kappa shape index (κ3) is 8.54. The number of carboxylic acids is 1. The van der Waals surface area contributed by atoms with Crippen LogP contribution in [0.1, 0.15) is 0 Å². The normalized spacial score (nSPS) is 10.1. The van der Waals surface area contributed by atoms with E-state index in [1.807, 2.05) is 0 Å². The molecule has 0 aliphatic carbocycles. The Labute approximate surface area is 81.9 Å². The van der Waals surface area contributed by atoms with Crippen molar-refractivity contribution < 1.29 is 19.4 Å². The van der Waals surface area contributed by atoms with Gasteiger partial charge in [0.25, 0.3) is 0 Å². The average molecular weight is 202 g/mol. The highest BCUT2D eigenvalue weighted by molar-refractivity contribution is 5.80. The molecule has 0 heterocycles. The topological polar surface area (TPSA) is 87.7 Å². The number of amides is 1. The fourth-order valence-electron chi connectivity index (χ4n) is 0.637. The zero-order valence-electron chi connectivity index (χ0n) is 7.95. The van der Waals surface area contributed by atoms with Crippen molar-refractivity contribution in [2.45, 2.75) is 0 Å². The van der Waals surface area contributed by atoms with Crippen LogP contribution in [-0.2, 0) is 14.3 Å².